The predicted octanol–water partition coefficient (Wildman–Crippen LogP) is 3.46. The van der Waals surface area contributed by atoms with Gasteiger partial charge in [0.1, 0.15) is 5.58 Å². The Morgan fingerprint density at radius 3 is 2.78 bits per heavy atom. The number of carbonyl (C=O) groups is 1. The minimum Gasteiger partial charge on any atom is -0.462 e. The molecule has 0 aliphatic carbocycles. The van der Waals surface area contributed by atoms with Crippen LogP contribution >= 0.6 is 0 Å². The monoisotopic (exact) mass is 367 g/mol. The first-order chi connectivity index (χ1) is 13.0. The first-order valence-corrected chi connectivity index (χ1v) is 9.66. The minimum absolute atomic E-state index is 0.147. The lowest BCUT2D eigenvalue weighted by molar-refractivity contribution is -0.138. The van der Waals surface area contributed by atoms with Crippen molar-refractivity contribution in [2.45, 2.75) is 46.0 Å². The summed E-state index contributed by atoms with van der Waals surface area (Å²) in [5.74, 6) is -0.434. The molecule has 4 rings (SSSR count). The van der Waals surface area contributed by atoms with Crippen LogP contribution in [0.1, 0.15) is 42.0 Å². The van der Waals surface area contributed by atoms with Crippen molar-refractivity contribution < 1.29 is 13.9 Å². The van der Waals surface area contributed by atoms with Crippen LogP contribution in [0.5, 0.6) is 0 Å². The highest BCUT2D eigenvalue weighted by Crippen LogP contribution is 2.40. The number of anilines is 1. The maximum absolute atomic E-state index is 12.7. The summed E-state index contributed by atoms with van der Waals surface area (Å²) in [6.45, 7) is 9.46. The molecule has 0 bridgehead atoms. The Kier molecular flexibility index (Phi) is 4.54. The van der Waals surface area contributed by atoms with E-state index in [-0.39, 0.29) is 12.2 Å². The molecule has 5 nitrogen and oxygen atoms in total. The van der Waals surface area contributed by atoms with Gasteiger partial charge >= 0.3 is 11.6 Å². The van der Waals surface area contributed by atoms with E-state index in [1.54, 1.807) is 6.92 Å². The van der Waals surface area contributed by atoms with Crippen molar-refractivity contribution in [3.05, 3.63) is 50.9 Å². The molecule has 0 unspecified atom stereocenters. The molecular formula is C22H25NO4. The molecule has 5 heteroatoms. The second-order valence-electron chi connectivity index (χ2n) is 7.59. The van der Waals surface area contributed by atoms with Crippen LogP contribution in [0.15, 0.2) is 27.4 Å². The van der Waals surface area contributed by atoms with Gasteiger partial charge in [-0.25, -0.2) is 9.59 Å². The Hall–Kier alpha value is -2.56. The van der Waals surface area contributed by atoms with Crippen molar-refractivity contribution >= 4 is 22.6 Å². The van der Waals surface area contributed by atoms with E-state index in [2.05, 4.69) is 17.5 Å². The van der Waals surface area contributed by atoms with Crippen molar-refractivity contribution in [3.63, 3.8) is 0 Å². The molecule has 0 saturated heterocycles. The number of carbonyl (C=O) groups excluding carboxylic acids is 1. The molecule has 2 aromatic rings. The zero-order valence-corrected chi connectivity index (χ0v) is 16.0. The van der Waals surface area contributed by atoms with Crippen LogP contribution in [0, 0.1) is 6.92 Å². The number of fused-ring (bicyclic) bond motifs is 2. The molecule has 2 aliphatic rings. The Balaban J connectivity index is 1.76. The number of benzene rings is 1. The van der Waals surface area contributed by atoms with Gasteiger partial charge in [0, 0.05) is 47.3 Å². The van der Waals surface area contributed by atoms with Gasteiger partial charge in [0.25, 0.3) is 0 Å². The van der Waals surface area contributed by atoms with Gasteiger partial charge in [-0.1, -0.05) is 6.58 Å². The number of esters is 1. The van der Waals surface area contributed by atoms with Gasteiger partial charge in [-0.15, -0.1) is 0 Å². The van der Waals surface area contributed by atoms with Crippen LogP contribution in [0.25, 0.3) is 11.0 Å². The SMILES string of the molecule is C=C(C)C(=O)OCCc1c(C)c2cc3c4c(c2oc1=O)CCCN4CCC3. The summed E-state index contributed by atoms with van der Waals surface area (Å²) in [4.78, 5) is 26.7. The summed E-state index contributed by atoms with van der Waals surface area (Å²) in [7, 11) is 0. The molecule has 0 saturated carbocycles. The minimum atomic E-state index is -0.434. The van der Waals surface area contributed by atoms with E-state index in [0.29, 0.717) is 17.6 Å². The highest BCUT2D eigenvalue weighted by Gasteiger charge is 2.28. The van der Waals surface area contributed by atoms with Crippen molar-refractivity contribution in [1.29, 1.82) is 0 Å². The lowest BCUT2D eigenvalue weighted by Gasteiger charge is -2.37. The molecule has 0 N–H and O–H groups in total. The maximum Gasteiger partial charge on any atom is 0.339 e. The number of hydrogen-bond donors (Lipinski definition) is 0. The standard InChI is InChI=1S/C22H25NO4/c1-13(2)21(24)26-11-8-16-14(3)18-12-15-6-4-9-23-10-5-7-17(19(15)23)20(18)27-22(16)25/h12H,1,4-11H2,2-3H3. The summed E-state index contributed by atoms with van der Waals surface area (Å²) in [6.07, 6.45) is 4.62. The molecule has 0 atom stereocenters. The fourth-order valence-electron chi connectivity index (χ4n) is 4.35. The highest BCUT2D eigenvalue weighted by atomic mass is 16.5. The average molecular weight is 367 g/mol. The largest absolute Gasteiger partial charge is 0.462 e. The van der Waals surface area contributed by atoms with Crippen molar-refractivity contribution in [1.82, 2.24) is 0 Å². The zero-order valence-electron chi connectivity index (χ0n) is 16.0. The van der Waals surface area contributed by atoms with Gasteiger partial charge < -0.3 is 14.1 Å². The van der Waals surface area contributed by atoms with Crippen molar-refractivity contribution in [2.24, 2.45) is 0 Å². The summed E-state index contributed by atoms with van der Waals surface area (Å²) < 4.78 is 11.0. The van der Waals surface area contributed by atoms with Crippen LogP contribution < -0.4 is 10.5 Å². The average Bonchev–Trinajstić information content (AvgIpc) is 2.65. The van der Waals surface area contributed by atoms with Gasteiger partial charge in [0.2, 0.25) is 0 Å². The summed E-state index contributed by atoms with van der Waals surface area (Å²) in [5, 5.41) is 1.02. The molecule has 27 heavy (non-hydrogen) atoms. The molecule has 1 aromatic carbocycles. The normalized spacial score (nSPS) is 15.6. The van der Waals surface area contributed by atoms with E-state index in [4.69, 9.17) is 9.15 Å². The fourth-order valence-corrected chi connectivity index (χ4v) is 4.35. The van der Waals surface area contributed by atoms with E-state index in [1.165, 1.54) is 16.8 Å². The molecule has 0 spiro atoms. The molecule has 0 amide bonds. The number of aryl methyl sites for hydroxylation is 3. The molecule has 0 radical (unpaired) electrons. The van der Waals surface area contributed by atoms with Gasteiger partial charge in [-0.05, 0) is 56.7 Å². The molecule has 142 valence electrons. The summed E-state index contributed by atoms with van der Waals surface area (Å²) in [6, 6.07) is 2.20. The van der Waals surface area contributed by atoms with E-state index in [1.807, 2.05) is 6.92 Å². The number of nitrogens with zero attached hydrogens (tertiary/aromatic N) is 1. The van der Waals surface area contributed by atoms with E-state index < -0.39 is 5.97 Å². The second kappa shape index (κ2) is 6.87. The van der Waals surface area contributed by atoms with E-state index in [0.717, 1.165) is 55.3 Å². The molecular weight excluding hydrogens is 342 g/mol. The highest BCUT2D eigenvalue weighted by molar-refractivity contribution is 5.91. The van der Waals surface area contributed by atoms with Crippen LogP contribution in [0.3, 0.4) is 0 Å². The third kappa shape index (κ3) is 3.05. The third-order valence-corrected chi connectivity index (χ3v) is 5.70. The Morgan fingerprint density at radius 2 is 2.04 bits per heavy atom. The summed E-state index contributed by atoms with van der Waals surface area (Å²) >= 11 is 0. The Morgan fingerprint density at radius 1 is 1.30 bits per heavy atom. The van der Waals surface area contributed by atoms with Gasteiger partial charge in [-0.2, -0.15) is 0 Å². The van der Waals surface area contributed by atoms with Crippen LogP contribution in [0.4, 0.5) is 5.69 Å². The topological polar surface area (TPSA) is 59.8 Å². The lowest BCUT2D eigenvalue weighted by atomic mass is 9.88. The molecule has 2 aliphatic heterocycles. The zero-order chi connectivity index (χ0) is 19.1. The molecule has 3 heterocycles. The number of rotatable bonds is 4. The maximum atomic E-state index is 12.7. The van der Waals surface area contributed by atoms with E-state index in [9.17, 15) is 9.59 Å². The first kappa shape index (κ1) is 17.8. The Labute approximate surface area is 158 Å². The van der Waals surface area contributed by atoms with Crippen LogP contribution in [-0.2, 0) is 28.8 Å². The lowest BCUT2D eigenvalue weighted by Crippen LogP contribution is -2.34. The van der Waals surface area contributed by atoms with Gasteiger partial charge in [0.05, 0.1) is 6.61 Å². The third-order valence-electron chi connectivity index (χ3n) is 5.70. The smallest absolute Gasteiger partial charge is 0.339 e. The fraction of sp³-hybridized carbons (Fsp3) is 0.455. The van der Waals surface area contributed by atoms with Gasteiger partial charge in [-0.3, -0.25) is 0 Å². The molecule has 1 aromatic heterocycles. The van der Waals surface area contributed by atoms with Crippen molar-refractivity contribution in [2.75, 3.05) is 24.6 Å². The number of ether oxygens (including phenoxy) is 1. The van der Waals surface area contributed by atoms with Crippen LogP contribution in [-0.4, -0.2) is 25.7 Å². The molecule has 0 fully saturated rings. The van der Waals surface area contributed by atoms with Crippen LogP contribution in [0.2, 0.25) is 0 Å². The second-order valence-corrected chi connectivity index (χ2v) is 7.59. The summed E-state index contributed by atoms with van der Waals surface area (Å²) in [5.41, 5.74) is 6.15. The quantitative estimate of drug-likeness (QED) is 0.470. The first-order valence-electron chi connectivity index (χ1n) is 9.66. The predicted molar refractivity (Wildman–Crippen MR) is 106 cm³/mol. The number of hydrogen-bond acceptors (Lipinski definition) is 5. The van der Waals surface area contributed by atoms with Gasteiger partial charge in [0.15, 0.2) is 0 Å². The van der Waals surface area contributed by atoms with Crippen molar-refractivity contribution in [3.8, 4) is 0 Å². The Bertz CT molecular complexity index is 1000. The van der Waals surface area contributed by atoms with E-state index >= 15 is 0 Å².